The van der Waals surface area contributed by atoms with Crippen molar-refractivity contribution in [2.24, 2.45) is 0 Å². The molecule has 0 radical (unpaired) electrons. The second kappa shape index (κ2) is 5.67. The highest BCUT2D eigenvalue weighted by molar-refractivity contribution is 6.13. The van der Waals surface area contributed by atoms with Crippen LogP contribution in [0.2, 0.25) is 0 Å². The summed E-state index contributed by atoms with van der Waals surface area (Å²) in [5.41, 5.74) is 7.88. The van der Waals surface area contributed by atoms with Gasteiger partial charge in [0.1, 0.15) is 0 Å². The van der Waals surface area contributed by atoms with E-state index in [0.717, 1.165) is 11.3 Å². The molecule has 1 heterocycles. The number of anilines is 3. The summed E-state index contributed by atoms with van der Waals surface area (Å²) >= 11 is 0. The Hall–Kier alpha value is -2.82. The highest BCUT2D eigenvalue weighted by Crippen LogP contribution is 2.48. The van der Waals surface area contributed by atoms with Crippen LogP contribution in [0.5, 0.6) is 5.75 Å². The molecule has 2 aromatic rings. The molecule has 0 bridgehead atoms. The number of rotatable bonds is 3. The second-order valence-corrected chi connectivity index (χ2v) is 6.31. The number of fused-ring (bicyclic) bond motifs is 1. The lowest BCUT2D eigenvalue weighted by Gasteiger charge is -2.23. The van der Waals surface area contributed by atoms with Gasteiger partial charge in [0.05, 0.1) is 22.5 Å². The Morgan fingerprint density at radius 1 is 1.12 bits per heavy atom. The van der Waals surface area contributed by atoms with Crippen molar-refractivity contribution in [3.05, 3.63) is 48.0 Å². The van der Waals surface area contributed by atoms with Gasteiger partial charge in [-0.25, -0.2) is 0 Å². The molecular weight excluding hydrogens is 304 g/mol. The molecule has 124 valence electrons. The summed E-state index contributed by atoms with van der Waals surface area (Å²) in [5.74, 6) is -0.248. The minimum Gasteiger partial charge on any atom is -0.422 e. The van der Waals surface area contributed by atoms with Crippen molar-refractivity contribution >= 4 is 28.9 Å². The van der Waals surface area contributed by atoms with Gasteiger partial charge in [0.15, 0.2) is 5.75 Å². The van der Waals surface area contributed by atoms with E-state index in [0.29, 0.717) is 11.4 Å². The maximum atomic E-state index is 13.0. The monoisotopic (exact) mass is 324 g/mol. The molecule has 0 aliphatic carbocycles. The normalized spacial score (nSPS) is 15.3. The van der Waals surface area contributed by atoms with Crippen LogP contribution in [0.15, 0.2) is 42.5 Å². The number of ether oxygens (including phenoxy) is 1. The first-order valence-corrected chi connectivity index (χ1v) is 7.91. The van der Waals surface area contributed by atoms with Crippen LogP contribution >= 0.6 is 0 Å². The standard InChI is InChI=1S/C19H20N2O3/c1-4-16(22)24-17-13(20)9-7-11-15(17)21-14-10-6-5-8-12(14)19(2,3)18(21)23/h5-11H,4,20H2,1-3H3. The largest absolute Gasteiger partial charge is 0.422 e. The van der Waals surface area contributed by atoms with E-state index in [1.54, 1.807) is 30.0 Å². The van der Waals surface area contributed by atoms with Crippen molar-refractivity contribution in [3.8, 4) is 5.75 Å². The Labute approximate surface area is 141 Å². The van der Waals surface area contributed by atoms with Crippen molar-refractivity contribution in [3.63, 3.8) is 0 Å². The van der Waals surface area contributed by atoms with Crippen LogP contribution in [0.25, 0.3) is 0 Å². The number of amides is 1. The Morgan fingerprint density at radius 2 is 1.79 bits per heavy atom. The number of nitrogen functional groups attached to an aromatic ring is 1. The summed E-state index contributed by atoms with van der Waals surface area (Å²) in [6.45, 7) is 5.48. The molecule has 0 fully saturated rings. The summed E-state index contributed by atoms with van der Waals surface area (Å²) in [6.07, 6.45) is 0.226. The smallest absolute Gasteiger partial charge is 0.311 e. The minimum absolute atomic E-state index is 0.0805. The van der Waals surface area contributed by atoms with E-state index in [2.05, 4.69) is 0 Å². The van der Waals surface area contributed by atoms with Gasteiger partial charge in [-0.15, -0.1) is 0 Å². The van der Waals surface area contributed by atoms with E-state index in [-0.39, 0.29) is 18.1 Å². The van der Waals surface area contributed by atoms with Crippen LogP contribution in [0.1, 0.15) is 32.8 Å². The molecule has 0 saturated heterocycles. The van der Waals surface area contributed by atoms with Gasteiger partial charge in [-0.1, -0.05) is 31.2 Å². The van der Waals surface area contributed by atoms with Crippen molar-refractivity contribution in [1.29, 1.82) is 0 Å². The Balaban J connectivity index is 2.18. The van der Waals surface area contributed by atoms with Gasteiger partial charge in [0, 0.05) is 6.42 Å². The third-order valence-electron chi connectivity index (χ3n) is 4.33. The number of nitrogens with zero attached hydrogens (tertiary/aromatic N) is 1. The summed E-state index contributed by atoms with van der Waals surface area (Å²) in [5, 5.41) is 0. The molecule has 0 spiro atoms. The minimum atomic E-state index is -0.659. The fourth-order valence-corrected chi connectivity index (χ4v) is 2.96. The Bertz CT molecular complexity index is 827. The zero-order chi connectivity index (χ0) is 17.5. The summed E-state index contributed by atoms with van der Waals surface area (Å²) in [4.78, 5) is 26.4. The third kappa shape index (κ3) is 2.33. The molecule has 3 rings (SSSR count). The lowest BCUT2D eigenvalue weighted by molar-refractivity contribution is -0.134. The molecule has 5 nitrogen and oxygen atoms in total. The van der Waals surface area contributed by atoms with Crippen LogP contribution in [0.4, 0.5) is 17.1 Å². The van der Waals surface area contributed by atoms with Gasteiger partial charge in [0.2, 0.25) is 5.91 Å². The first kappa shape index (κ1) is 16.1. The molecule has 0 unspecified atom stereocenters. The van der Waals surface area contributed by atoms with Crippen LogP contribution in [-0.4, -0.2) is 11.9 Å². The summed E-state index contributed by atoms with van der Waals surface area (Å²) in [7, 11) is 0. The molecule has 2 aromatic carbocycles. The van der Waals surface area contributed by atoms with Gasteiger partial charge in [-0.05, 0) is 37.6 Å². The van der Waals surface area contributed by atoms with Gasteiger partial charge in [0.25, 0.3) is 0 Å². The van der Waals surface area contributed by atoms with Crippen molar-refractivity contribution in [2.75, 3.05) is 10.6 Å². The Morgan fingerprint density at radius 3 is 2.50 bits per heavy atom. The quantitative estimate of drug-likeness (QED) is 0.532. The van der Waals surface area contributed by atoms with Gasteiger partial charge >= 0.3 is 5.97 Å². The molecule has 5 heteroatoms. The summed E-state index contributed by atoms with van der Waals surface area (Å²) in [6, 6.07) is 12.8. The van der Waals surface area contributed by atoms with E-state index < -0.39 is 11.4 Å². The van der Waals surface area contributed by atoms with Gasteiger partial charge in [-0.2, -0.15) is 0 Å². The van der Waals surface area contributed by atoms with E-state index in [1.807, 2.05) is 38.1 Å². The van der Waals surface area contributed by atoms with Crippen molar-refractivity contribution < 1.29 is 14.3 Å². The van der Waals surface area contributed by atoms with Crippen LogP contribution in [0, 0.1) is 0 Å². The van der Waals surface area contributed by atoms with Crippen LogP contribution < -0.4 is 15.4 Å². The molecule has 2 N–H and O–H groups in total. The van der Waals surface area contributed by atoms with Crippen LogP contribution in [0.3, 0.4) is 0 Å². The molecule has 24 heavy (non-hydrogen) atoms. The number of para-hydroxylation sites is 2. The number of carbonyl (C=O) groups is 2. The Kier molecular flexibility index (Phi) is 3.79. The topological polar surface area (TPSA) is 72.6 Å². The number of esters is 1. The predicted molar refractivity (Wildman–Crippen MR) is 93.4 cm³/mol. The molecule has 0 aromatic heterocycles. The van der Waals surface area contributed by atoms with E-state index in [4.69, 9.17) is 10.5 Å². The van der Waals surface area contributed by atoms with Gasteiger partial charge in [-0.3, -0.25) is 14.5 Å². The number of hydrogen-bond donors (Lipinski definition) is 1. The number of hydrogen-bond acceptors (Lipinski definition) is 4. The maximum Gasteiger partial charge on any atom is 0.311 e. The molecule has 1 aliphatic rings. The maximum absolute atomic E-state index is 13.0. The molecule has 1 aliphatic heterocycles. The fraction of sp³-hybridized carbons (Fsp3) is 0.263. The molecule has 0 saturated carbocycles. The average molecular weight is 324 g/mol. The average Bonchev–Trinajstić information content (AvgIpc) is 2.77. The zero-order valence-corrected chi connectivity index (χ0v) is 14.0. The van der Waals surface area contributed by atoms with E-state index in [1.165, 1.54) is 0 Å². The highest BCUT2D eigenvalue weighted by atomic mass is 16.5. The summed E-state index contributed by atoms with van der Waals surface area (Å²) < 4.78 is 5.41. The lowest BCUT2D eigenvalue weighted by atomic mass is 9.86. The zero-order valence-electron chi connectivity index (χ0n) is 14.0. The van der Waals surface area contributed by atoms with Crippen molar-refractivity contribution in [2.45, 2.75) is 32.6 Å². The number of carbonyl (C=O) groups excluding carboxylic acids is 2. The van der Waals surface area contributed by atoms with Crippen molar-refractivity contribution in [1.82, 2.24) is 0 Å². The van der Waals surface area contributed by atoms with Crippen LogP contribution in [-0.2, 0) is 15.0 Å². The lowest BCUT2D eigenvalue weighted by Crippen LogP contribution is -2.33. The molecule has 1 amide bonds. The predicted octanol–water partition coefficient (Wildman–Crippen LogP) is 3.54. The van der Waals surface area contributed by atoms with E-state index in [9.17, 15) is 9.59 Å². The fourth-order valence-electron chi connectivity index (χ4n) is 2.96. The first-order valence-electron chi connectivity index (χ1n) is 7.91. The highest BCUT2D eigenvalue weighted by Gasteiger charge is 2.45. The SMILES string of the molecule is CCC(=O)Oc1c(N)cccc1N1C(=O)C(C)(C)c2ccccc21. The number of nitrogens with two attached hydrogens (primary N) is 1. The molecular formula is C19H20N2O3. The van der Waals surface area contributed by atoms with Gasteiger partial charge < -0.3 is 10.5 Å². The first-order chi connectivity index (χ1) is 11.4. The van der Waals surface area contributed by atoms with E-state index >= 15 is 0 Å². The molecule has 0 atom stereocenters. The number of benzene rings is 2. The second-order valence-electron chi connectivity index (χ2n) is 6.31. The third-order valence-corrected chi connectivity index (χ3v) is 4.33.